The Balaban J connectivity index is 1.88. The van der Waals surface area contributed by atoms with Crippen molar-refractivity contribution in [3.63, 3.8) is 0 Å². The van der Waals surface area contributed by atoms with Gasteiger partial charge in [-0.3, -0.25) is 4.79 Å². The molecule has 0 aliphatic heterocycles. The molecule has 1 fully saturated rings. The molecule has 0 bridgehead atoms. The normalized spacial score (nSPS) is 14.9. The first-order valence-corrected chi connectivity index (χ1v) is 5.88. The molecule has 0 spiro atoms. The molecule has 2 rings (SSSR count). The number of anilines is 1. The van der Waals surface area contributed by atoms with Gasteiger partial charge in [-0.15, -0.1) is 0 Å². The number of benzene rings is 1. The van der Waals surface area contributed by atoms with Crippen LogP contribution in [0.15, 0.2) is 18.2 Å². The van der Waals surface area contributed by atoms with Gasteiger partial charge in [-0.1, -0.05) is 23.2 Å². The van der Waals surface area contributed by atoms with E-state index in [1.165, 1.54) is 0 Å². The van der Waals surface area contributed by atoms with Crippen LogP contribution in [0.3, 0.4) is 0 Å². The van der Waals surface area contributed by atoms with Gasteiger partial charge in [0.25, 0.3) is 0 Å². The van der Waals surface area contributed by atoms with Crippen molar-refractivity contribution in [2.24, 2.45) is 0 Å². The van der Waals surface area contributed by atoms with E-state index in [1.807, 2.05) is 0 Å². The van der Waals surface area contributed by atoms with Gasteiger partial charge in [-0.05, 0) is 31.0 Å². The van der Waals surface area contributed by atoms with Gasteiger partial charge in [0.15, 0.2) is 0 Å². The third kappa shape index (κ3) is 3.67. The molecule has 0 aromatic heterocycles. The molecule has 0 heterocycles. The van der Waals surface area contributed by atoms with Crippen LogP contribution in [-0.2, 0) is 4.79 Å². The number of rotatable bonds is 4. The van der Waals surface area contributed by atoms with Gasteiger partial charge in [-0.2, -0.15) is 0 Å². The summed E-state index contributed by atoms with van der Waals surface area (Å²) < 4.78 is 0. The van der Waals surface area contributed by atoms with Crippen LogP contribution in [0.4, 0.5) is 5.69 Å². The number of nitrogens with one attached hydrogen (secondary N) is 2. The first-order valence-electron chi connectivity index (χ1n) is 5.13. The molecule has 2 N–H and O–H groups in total. The minimum absolute atomic E-state index is 0.0785. The van der Waals surface area contributed by atoms with Gasteiger partial charge in [0.1, 0.15) is 0 Å². The standard InChI is InChI=1S/C11H12Cl2N2O/c12-7-3-8(13)5-10(4-7)15-11(16)6-14-9-1-2-9/h3-5,9,14H,1-2,6H2,(H,15,16). The first-order chi connectivity index (χ1) is 7.63. The molecule has 86 valence electrons. The zero-order chi connectivity index (χ0) is 11.5. The van der Waals surface area contributed by atoms with Crippen LogP contribution < -0.4 is 10.6 Å². The summed E-state index contributed by atoms with van der Waals surface area (Å²) in [6.45, 7) is 0.328. The molecule has 0 saturated heterocycles. The molecule has 1 aromatic rings. The van der Waals surface area contributed by atoms with Crippen LogP contribution >= 0.6 is 23.2 Å². The van der Waals surface area contributed by atoms with E-state index in [4.69, 9.17) is 23.2 Å². The maximum absolute atomic E-state index is 11.5. The molecule has 0 atom stereocenters. The average Bonchev–Trinajstić information content (AvgIpc) is 2.96. The van der Waals surface area contributed by atoms with Crippen molar-refractivity contribution in [3.05, 3.63) is 28.2 Å². The Kier molecular flexibility index (Phi) is 3.69. The van der Waals surface area contributed by atoms with Crippen molar-refractivity contribution in [1.82, 2.24) is 5.32 Å². The van der Waals surface area contributed by atoms with E-state index in [-0.39, 0.29) is 5.91 Å². The second-order valence-electron chi connectivity index (χ2n) is 3.86. The summed E-state index contributed by atoms with van der Waals surface area (Å²) in [7, 11) is 0. The molecule has 0 radical (unpaired) electrons. The number of hydrogen-bond donors (Lipinski definition) is 2. The molecule has 3 nitrogen and oxygen atoms in total. The van der Waals surface area contributed by atoms with Crippen LogP contribution in [0.5, 0.6) is 0 Å². The van der Waals surface area contributed by atoms with E-state index in [9.17, 15) is 4.79 Å². The quantitative estimate of drug-likeness (QED) is 0.872. The van der Waals surface area contributed by atoms with Crippen molar-refractivity contribution < 1.29 is 4.79 Å². The van der Waals surface area contributed by atoms with Crippen molar-refractivity contribution >= 4 is 34.8 Å². The summed E-state index contributed by atoms with van der Waals surface area (Å²) in [5.41, 5.74) is 0.625. The fourth-order valence-corrected chi connectivity index (χ4v) is 1.88. The molecule has 16 heavy (non-hydrogen) atoms. The van der Waals surface area contributed by atoms with E-state index in [1.54, 1.807) is 18.2 Å². The van der Waals surface area contributed by atoms with Crippen LogP contribution in [0.25, 0.3) is 0 Å². The maximum atomic E-state index is 11.5. The molecule has 1 aliphatic rings. The Morgan fingerprint density at radius 2 is 1.88 bits per heavy atom. The van der Waals surface area contributed by atoms with Crippen LogP contribution in [-0.4, -0.2) is 18.5 Å². The smallest absolute Gasteiger partial charge is 0.238 e. The molecule has 0 unspecified atom stereocenters. The fourth-order valence-electron chi connectivity index (χ4n) is 1.36. The average molecular weight is 259 g/mol. The van der Waals surface area contributed by atoms with Crippen molar-refractivity contribution in [1.29, 1.82) is 0 Å². The number of amides is 1. The fraction of sp³-hybridized carbons (Fsp3) is 0.364. The lowest BCUT2D eigenvalue weighted by Gasteiger charge is -2.06. The lowest BCUT2D eigenvalue weighted by Crippen LogP contribution is -2.29. The molecular weight excluding hydrogens is 247 g/mol. The second-order valence-corrected chi connectivity index (χ2v) is 4.73. The van der Waals surface area contributed by atoms with Gasteiger partial charge in [0.2, 0.25) is 5.91 Å². The SMILES string of the molecule is O=C(CNC1CC1)Nc1cc(Cl)cc(Cl)c1. The largest absolute Gasteiger partial charge is 0.325 e. The third-order valence-electron chi connectivity index (χ3n) is 2.27. The zero-order valence-corrected chi connectivity index (χ0v) is 10.1. The Morgan fingerprint density at radius 1 is 1.25 bits per heavy atom. The summed E-state index contributed by atoms with van der Waals surface area (Å²) in [5, 5.41) is 6.89. The molecule has 1 aromatic carbocycles. The van der Waals surface area contributed by atoms with Gasteiger partial charge in [-0.25, -0.2) is 0 Å². The van der Waals surface area contributed by atoms with E-state index in [2.05, 4.69) is 10.6 Å². The van der Waals surface area contributed by atoms with Crippen LogP contribution in [0, 0.1) is 0 Å². The summed E-state index contributed by atoms with van der Waals surface area (Å²) in [5.74, 6) is -0.0785. The van der Waals surface area contributed by atoms with Crippen LogP contribution in [0.2, 0.25) is 10.0 Å². The van der Waals surface area contributed by atoms with Crippen LogP contribution in [0.1, 0.15) is 12.8 Å². The summed E-state index contributed by atoms with van der Waals surface area (Å²) in [6.07, 6.45) is 2.33. The summed E-state index contributed by atoms with van der Waals surface area (Å²) in [6, 6.07) is 5.49. The van der Waals surface area contributed by atoms with Crippen molar-refractivity contribution in [2.45, 2.75) is 18.9 Å². The molecule has 5 heteroatoms. The van der Waals surface area contributed by atoms with E-state index >= 15 is 0 Å². The summed E-state index contributed by atoms with van der Waals surface area (Å²) >= 11 is 11.6. The minimum atomic E-state index is -0.0785. The number of halogens is 2. The van der Waals surface area contributed by atoms with E-state index in [0.29, 0.717) is 28.3 Å². The highest BCUT2D eigenvalue weighted by Crippen LogP contribution is 2.22. The lowest BCUT2D eigenvalue weighted by atomic mass is 10.3. The topological polar surface area (TPSA) is 41.1 Å². The monoisotopic (exact) mass is 258 g/mol. The highest BCUT2D eigenvalue weighted by Gasteiger charge is 2.21. The van der Waals surface area contributed by atoms with Gasteiger partial charge in [0, 0.05) is 21.8 Å². The van der Waals surface area contributed by atoms with Gasteiger partial charge < -0.3 is 10.6 Å². The highest BCUT2D eigenvalue weighted by atomic mass is 35.5. The number of carbonyl (C=O) groups is 1. The third-order valence-corrected chi connectivity index (χ3v) is 2.71. The van der Waals surface area contributed by atoms with Gasteiger partial charge in [0.05, 0.1) is 6.54 Å². The molecule has 1 aliphatic carbocycles. The lowest BCUT2D eigenvalue weighted by molar-refractivity contribution is -0.115. The Labute approximate surface area is 104 Å². The predicted octanol–water partition coefficient (Wildman–Crippen LogP) is 2.68. The van der Waals surface area contributed by atoms with E-state index in [0.717, 1.165) is 12.8 Å². The Bertz CT molecular complexity index is 385. The number of hydrogen-bond acceptors (Lipinski definition) is 2. The molecular formula is C11H12Cl2N2O. The highest BCUT2D eigenvalue weighted by molar-refractivity contribution is 6.35. The first kappa shape index (κ1) is 11.7. The number of carbonyl (C=O) groups excluding carboxylic acids is 1. The second kappa shape index (κ2) is 5.04. The zero-order valence-electron chi connectivity index (χ0n) is 8.59. The summed E-state index contributed by atoms with van der Waals surface area (Å²) in [4.78, 5) is 11.5. The Morgan fingerprint density at radius 3 is 2.44 bits per heavy atom. The maximum Gasteiger partial charge on any atom is 0.238 e. The minimum Gasteiger partial charge on any atom is -0.325 e. The van der Waals surface area contributed by atoms with E-state index < -0.39 is 0 Å². The van der Waals surface area contributed by atoms with Crippen molar-refractivity contribution in [3.8, 4) is 0 Å². The van der Waals surface area contributed by atoms with Gasteiger partial charge >= 0.3 is 0 Å². The predicted molar refractivity (Wildman–Crippen MR) is 66.1 cm³/mol. The molecule has 1 saturated carbocycles. The molecule has 1 amide bonds. The Hall–Kier alpha value is -0.770. The van der Waals surface area contributed by atoms with Crippen molar-refractivity contribution in [2.75, 3.05) is 11.9 Å².